The summed E-state index contributed by atoms with van der Waals surface area (Å²) in [6.45, 7) is 7.92. The molecule has 35 heavy (non-hydrogen) atoms. The molecule has 0 radical (unpaired) electrons. The van der Waals surface area contributed by atoms with E-state index < -0.39 is 29.8 Å². The average molecular weight is 484 g/mol. The van der Waals surface area contributed by atoms with Gasteiger partial charge in [0.2, 0.25) is 5.95 Å². The molecule has 10 heteroatoms. The van der Waals surface area contributed by atoms with Crippen molar-refractivity contribution in [3.05, 3.63) is 77.4 Å². The lowest BCUT2D eigenvalue weighted by Gasteiger charge is -2.18. The number of benzene rings is 2. The zero-order chi connectivity index (χ0) is 25.5. The van der Waals surface area contributed by atoms with Gasteiger partial charge in [0.25, 0.3) is 0 Å². The number of carbonyl (C=O) groups excluding carboxylic acids is 2. The number of carbonyl (C=O) groups is 2. The molecule has 1 aromatic heterocycles. The normalized spacial score (nSPS) is 12.2. The van der Waals surface area contributed by atoms with Crippen LogP contribution in [0.3, 0.4) is 0 Å². The number of hydrogen-bond acceptors (Lipinski definition) is 4. The lowest BCUT2D eigenvalue weighted by molar-refractivity contribution is 0.186. The molecule has 4 N–H and O–H groups in total. The van der Waals surface area contributed by atoms with Gasteiger partial charge in [0.15, 0.2) is 11.6 Å². The second kappa shape index (κ2) is 11.3. The maximum absolute atomic E-state index is 13.5. The van der Waals surface area contributed by atoms with Crippen LogP contribution < -0.4 is 16.0 Å². The number of methoxy groups -OCH3 is 1. The predicted molar refractivity (Wildman–Crippen MR) is 131 cm³/mol. The number of hydrogen-bond donors (Lipinski definition) is 4. The minimum atomic E-state index is -0.957. The molecule has 0 bridgehead atoms. The molecule has 0 spiro atoms. The van der Waals surface area contributed by atoms with Gasteiger partial charge in [0, 0.05) is 6.54 Å². The van der Waals surface area contributed by atoms with E-state index in [0.29, 0.717) is 23.1 Å². The monoisotopic (exact) mass is 483 g/mol. The van der Waals surface area contributed by atoms with Crippen molar-refractivity contribution in [3.63, 3.8) is 0 Å². The summed E-state index contributed by atoms with van der Waals surface area (Å²) >= 11 is 0. The first-order chi connectivity index (χ1) is 16.7. The van der Waals surface area contributed by atoms with Crippen LogP contribution in [0.15, 0.2) is 54.6 Å². The third-order valence-electron chi connectivity index (χ3n) is 5.30. The van der Waals surface area contributed by atoms with E-state index in [9.17, 15) is 18.4 Å². The quantitative estimate of drug-likeness (QED) is 0.321. The van der Waals surface area contributed by atoms with Crippen molar-refractivity contribution in [1.29, 1.82) is 0 Å². The molecular weight excluding hydrogens is 456 g/mol. The van der Waals surface area contributed by atoms with Crippen LogP contribution in [0.4, 0.5) is 24.3 Å². The van der Waals surface area contributed by atoms with Crippen molar-refractivity contribution in [3.8, 4) is 0 Å². The van der Waals surface area contributed by atoms with Gasteiger partial charge in [-0.3, -0.25) is 5.32 Å². The lowest BCUT2D eigenvalue weighted by Crippen LogP contribution is -2.38. The SMILES string of the molecule is C=C(C=C(C)c1ccc2nc(NC(=O)OC)[nH]c2c1)CNC(=O)NC(CC)c1ccc(F)c(F)c1. The second-order valence-electron chi connectivity index (χ2n) is 7.88. The first-order valence-electron chi connectivity index (χ1n) is 10.9. The largest absolute Gasteiger partial charge is 0.453 e. The Labute approximate surface area is 201 Å². The van der Waals surface area contributed by atoms with Gasteiger partial charge in [-0.25, -0.2) is 23.4 Å². The van der Waals surface area contributed by atoms with E-state index in [1.165, 1.54) is 13.2 Å². The van der Waals surface area contributed by atoms with Crippen LogP contribution in [-0.4, -0.2) is 35.7 Å². The van der Waals surface area contributed by atoms with E-state index >= 15 is 0 Å². The molecular formula is C25H27F2N5O3. The summed E-state index contributed by atoms with van der Waals surface area (Å²) in [5.74, 6) is -1.61. The van der Waals surface area contributed by atoms with Gasteiger partial charge in [-0.1, -0.05) is 31.7 Å². The molecule has 8 nitrogen and oxygen atoms in total. The summed E-state index contributed by atoms with van der Waals surface area (Å²) in [7, 11) is 1.27. The Morgan fingerprint density at radius 2 is 1.97 bits per heavy atom. The summed E-state index contributed by atoms with van der Waals surface area (Å²) in [6.07, 6.45) is 1.73. The zero-order valence-electron chi connectivity index (χ0n) is 19.7. The van der Waals surface area contributed by atoms with E-state index in [1.807, 2.05) is 38.1 Å². The molecule has 0 aliphatic rings. The smallest absolute Gasteiger partial charge is 0.413 e. The van der Waals surface area contributed by atoms with Gasteiger partial charge in [0.05, 0.1) is 24.2 Å². The lowest BCUT2D eigenvalue weighted by atomic mass is 10.0. The molecule has 3 amide bonds. The van der Waals surface area contributed by atoms with Crippen LogP contribution in [0.2, 0.25) is 0 Å². The van der Waals surface area contributed by atoms with Crippen molar-refractivity contribution >= 4 is 34.7 Å². The summed E-state index contributed by atoms with van der Waals surface area (Å²) in [6, 6.07) is 8.25. The number of aromatic amines is 1. The average Bonchev–Trinajstić information content (AvgIpc) is 3.24. The summed E-state index contributed by atoms with van der Waals surface area (Å²) in [5.41, 5.74) is 4.36. The van der Waals surface area contributed by atoms with Crippen LogP contribution in [0, 0.1) is 11.6 Å². The minimum Gasteiger partial charge on any atom is -0.453 e. The molecule has 0 saturated carbocycles. The fourth-order valence-corrected chi connectivity index (χ4v) is 3.46. The van der Waals surface area contributed by atoms with Crippen LogP contribution in [0.5, 0.6) is 0 Å². The highest BCUT2D eigenvalue weighted by Crippen LogP contribution is 2.22. The Morgan fingerprint density at radius 3 is 2.66 bits per heavy atom. The Kier molecular flexibility index (Phi) is 8.19. The molecule has 3 aromatic rings. The third-order valence-corrected chi connectivity index (χ3v) is 5.30. The highest BCUT2D eigenvalue weighted by atomic mass is 19.2. The second-order valence-corrected chi connectivity index (χ2v) is 7.88. The number of rotatable bonds is 8. The number of halogens is 2. The zero-order valence-corrected chi connectivity index (χ0v) is 19.7. The molecule has 184 valence electrons. The summed E-state index contributed by atoms with van der Waals surface area (Å²) < 4.78 is 31.3. The van der Waals surface area contributed by atoms with E-state index in [-0.39, 0.29) is 12.5 Å². The van der Waals surface area contributed by atoms with Crippen LogP contribution in [0.1, 0.15) is 37.4 Å². The number of nitrogens with one attached hydrogen (secondary N) is 4. The van der Waals surface area contributed by atoms with Gasteiger partial charge in [-0.2, -0.15) is 0 Å². The molecule has 3 rings (SSSR count). The number of amides is 3. The van der Waals surface area contributed by atoms with E-state index in [2.05, 4.69) is 37.2 Å². The van der Waals surface area contributed by atoms with Crippen molar-refractivity contribution in [2.75, 3.05) is 19.0 Å². The maximum atomic E-state index is 13.5. The predicted octanol–water partition coefficient (Wildman–Crippen LogP) is 5.43. The topological polar surface area (TPSA) is 108 Å². The number of urea groups is 1. The number of H-pyrrole nitrogens is 1. The van der Waals surface area contributed by atoms with Gasteiger partial charge >= 0.3 is 12.1 Å². The maximum Gasteiger partial charge on any atom is 0.413 e. The minimum absolute atomic E-state index is 0.191. The number of anilines is 1. The van der Waals surface area contributed by atoms with Gasteiger partial charge in [0.1, 0.15) is 0 Å². The molecule has 0 aliphatic heterocycles. The van der Waals surface area contributed by atoms with Crippen LogP contribution >= 0.6 is 0 Å². The molecule has 0 saturated heterocycles. The molecule has 2 aromatic carbocycles. The van der Waals surface area contributed by atoms with Crippen molar-refractivity contribution in [2.24, 2.45) is 0 Å². The number of imidazole rings is 1. The number of nitrogens with zero attached hydrogens (tertiary/aromatic N) is 1. The van der Waals surface area contributed by atoms with Crippen molar-refractivity contribution in [2.45, 2.75) is 26.3 Å². The third kappa shape index (κ3) is 6.66. The van der Waals surface area contributed by atoms with E-state index in [1.54, 1.807) is 0 Å². The van der Waals surface area contributed by atoms with Crippen molar-refractivity contribution in [1.82, 2.24) is 20.6 Å². The Balaban J connectivity index is 1.59. The Morgan fingerprint density at radius 1 is 1.20 bits per heavy atom. The summed E-state index contributed by atoms with van der Waals surface area (Å²) in [5, 5.41) is 7.97. The van der Waals surface area contributed by atoms with E-state index in [0.717, 1.165) is 28.8 Å². The number of allylic oxidation sites excluding steroid dienone is 1. The fourth-order valence-electron chi connectivity index (χ4n) is 3.46. The number of ether oxygens (including phenoxy) is 1. The number of aromatic nitrogens is 2. The molecule has 1 unspecified atom stereocenters. The molecule has 0 aliphatic carbocycles. The Hall–Kier alpha value is -4.21. The number of fused-ring (bicyclic) bond motifs is 1. The molecule has 1 atom stereocenters. The summed E-state index contributed by atoms with van der Waals surface area (Å²) in [4.78, 5) is 31.0. The standard InChI is InChI=1S/C25H27F2N5O3/c1-5-20(17-6-8-18(26)19(27)11-17)31-24(33)28-13-14(2)10-15(3)16-7-9-21-22(12-16)30-23(29-21)32-25(34)35-4/h6-12,20H,2,5,13H2,1,3-4H3,(H2,28,31,33)(H2,29,30,32,34). The highest BCUT2D eigenvalue weighted by Gasteiger charge is 2.15. The fraction of sp³-hybridized carbons (Fsp3) is 0.240. The van der Waals surface area contributed by atoms with Crippen LogP contribution in [0.25, 0.3) is 16.6 Å². The van der Waals surface area contributed by atoms with Crippen molar-refractivity contribution < 1.29 is 23.1 Å². The van der Waals surface area contributed by atoms with Gasteiger partial charge in [-0.15, -0.1) is 0 Å². The van der Waals surface area contributed by atoms with Crippen LogP contribution in [-0.2, 0) is 4.74 Å². The first kappa shape index (κ1) is 25.4. The Bertz CT molecular complexity index is 1290. The molecule has 1 heterocycles. The highest BCUT2D eigenvalue weighted by molar-refractivity contribution is 5.87. The first-order valence-corrected chi connectivity index (χ1v) is 10.9. The van der Waals surface area contributed by atoms with E-state index in [4.69, 9.17) is 0 Å². The molecule has 0 fully saturated rings. The van der Waals surface area contributed by atoms with Gasteiger partial charge < -0.3 is 20.4 Å². The van der Waals surface area contributed by atoms with Gasteiger partial charge in [-0.05, 0) is 59.9 Å².